The molecular weight excluding hydrogens is 273 g/mol. The summed E-state index contributed by atoms with van der Waals surface area (Å²) in [7, 11) is 0. The fourth-order valence-electron chi connectivity index (χ4n) is 1.58. The van der Waals surface area contributed by atoms with Gasteiger partial charge in [-0.1, -0.05) is 37.0 Å². The lowest BCUT2D eigenvalue weighted by atomic mass is 10.0. The fourth-order valence-corrected chi connectivity index (χ4v) is 2.16. The van der Waals surface area contributed by atoms with E-state index >= 15 is 0 Å². The molecule has 0 spiro atoms. The van der Waals surface area contributed by atoms with Crippen molar-refractivity contribution in [3.05, 3.63) is 21.9 Å². The zero-order valence-electron chi connectivity index (χ0n) is 10.6. The summed E-state index contributed by atoms with van der Waals surface area (Å²) in [6.45, 7) is 5.81. The summed E-state index contributed by atoms with van der Waals surface area (Å²) in [4.78, 5) is 15.8. The Bertz CT molecular complexity index is 426. The lowest BCUT2D eigenvalue weighted by molar-refractivity contribution is -0.117. The third-order valence-electron chi connectivity index (χ3n) is 2.45. The molecule has 3 N–H and O–H groups in total. The number of nitrogens with two attached hydrogens (primary N) is 1. The highest BCUT2D eigenvalue weighted by Gasteiger charge is 2.18. The molecule has 0 fully saturated rings. The number of halogens is 2. The van der Waals surface area contributed by atoms with Crippen molar-refractivity contribution in [2.75, 3.05) is 5.32 Å². The molecule has 4 nitrogen and oxygen atoms in total. The van der Waals surface area contributed by atoms with Crippen LogP contribution >= 0.6 is 23.2 Å². The Morgan fingerprint density at radius 1 is 1.50 bits per heavy atom. The number of hydrogen-bond acceptors (Lipinski definition) is 3. The Morgan fingerprint density at radius 2 is 2.11 bits per heavy atom. The Hall–Kier alpha value is -0.840. The van der Waals surface area contributed by atoms with Crippen molar-refractivity contribution in [3.63, 3.8) is 0 Å². The summed E-state index contributed by atoms with van der Waals surface area (Å²) < 4.78 is 0. The molecule has 0 aliphatic carbocycles. The number of aryl methyl sites for hydroxylation is 1. The molecule has 0 aromatic carbocycles. The van der Waals surface area contributed by atoms with Crippen LogP contribution in [0.2, 0.25) is 10.3 Å². The van der Waals surface area contributed by atoms with Gasteiger partial charge in [0.2, 0.25) is 5.91 Å². The molecule has 0 radical (unpaired) electrons. The van der Waals surface area contributed by atoms with Gasteiger partial charge in [-0.15, -0.1) is 0 Å². The minimum absolute atomic E-state index is 0.171. The lowest BCUT2D eigenvalue weighted by Gasteiger charge is -2.16. The van der Waals surface area contributed by atoms with Crippen LogP contribution in [-0.4, -0.2) is 16.9 Å². The molecule has 1 aromatic rings. The molecule has 0 saturated carbocycles. The average molecular weight is 290 g/mol. The normalized spacial score (nSPS) is 12.6. The second-order valence-electron chi connectivity index (χ2n) is 4.65. The van der Waals surface area contributed by atoms with Gasteiger partial charge in [-0.05, 0) is 30.9 Å². The van der Waals surface area contributed by atoms with Crippen molar-refractivity contribution in [2.45, 2.75) is 33.2 Å². The van der Waals surface area contributed by atoms with E-state index in [9.17, 15) is 4.79 Å². The van der Waals surface area contributed by atoms with Crippen molar-refractivity contribution in [1.29, 1.82) is 0 Å². The molecule has 1 rings (SSSR count). The number of rotatable bonds is 4. The van der Waals surface area contributed by atoms with E-state index in [1.54, 1.807) is 13.0 Å². The van der Waals surface area contributed by atoms with Crippen molar-refractivity contribution in [3.8, 4) is 0 Å². The second-order valence-corrected chi connectivity index (χ2v) is 5.40. The third-order valence-corrected chi connectivity index (χ3v) is 2.92. The summed E-state index contributed by atoms with van der Waals surface area (Å²) in [5.41, 5.74) is 7.01. The molecule has 100 valence electrons. The molecule has 0 aliphatic heterocycles. The SMILES string of the molecule is Cc1cc(Cl)nc(Cl)c1NC(=O)[C@H](N)CC(C)C. The van der Waals surface area contributed by atoms with E-state index in [0.29, 0.717) is 23.2 Å². The number of aromatic nitrogens is 1. The van der Waals surface area contributed by atoms with Gasteiger partial charge >= 0.3 is 0 Å². The van der Waals surface area contributed by atoms with E-state index in [-0.39, 0.29) is 11.1 Å². The maximum absolute atomic E-state index is 11.9. The van der Waals surface area contributed by atoms with E-state index in [2.05, 4.69) is 10.3 Å². The molecule has 18 heavy (non-hydrogen) atoms. The Balaban J connectivity index is 2.82. The molecule has 1 aromatic heterocycles. The van der Waals surface area contributed by atoms with Gasteiger partial charge in [-0.3, -0.25) is 4.79 Å². The van der Waals surface area contributed by atoms with E-state index in [1.807, 2.05) is 13.8 Å². The number of carbonyl (C=O) groups is 1. The van der Waals surface area contributed by atoms with E-state index in [4.69, 9.17) is 28.9 Å². The largest absolute Gasteiger partial charge is 0.322 e. The van der Waals surface area contributed by atoms with Crippen molar-refractivity contribution in [1.82, 2.24) is 4.98 Å². The number of pyridine rings is 1. The van der Waals surface area contributed by atoms with Crippen LogP contribution in [0.25, 0.3) is 0 Å². The van der Waals surface area contributed by atoms with Crippen molar-refractivity contribution in [2.24, 2.45) is 11.7 Å². The maximum Gasteiger partial charge on any atom is 0.241 e. The fraction of sp³-hybridized carbons (Fsp3) is 0.500. The van der Waals surface area contributed by atoms with Crippen molar-refractivity contribution < 1.29 is 4.79 Å². The van der Waals surface area contributed by atoms with Crippen LogP contribution in [0.1, 0.15) is 25.8 Å². The van der Waals surface area contributed by atoms with Crippen LogP contribution in [0.3, 0.4) is 0 Å². The van der Waals surface area contributed by atoms with Gasteiger partial charge in [0.1, 0.15) is 5.15 Å². The number of anilines is 1. The van der Waals surface area contributed by atoms with Gasteiger partial charge in [0.15, 0.2) is 5.15 Å². The van der Waals surface area contributed by atoms with Gasteiger partial charge in [-0.25, -0.2) is 4.98 Å². The zero-order chi connectivity index (χ0) is 13.9. The molecule has 1 amide bonds. The maximum atomic E-state index is 11.9. The molecule has 0 saturated heterocycles. The topological polar surface area (TPSA) is 68.0 Å². The van der Waals surface area contributed by atoms with E-state index in [0.717, 1.165) is 5.56 Å². The first-order chi connectivity index (χ1) is 8.31. The minimum atomic E-state index is -0.559. The van der Waals surface area contributed by atoms with Crippen LogP contribution in [0.15, 0.2) is 6.07 Å². The third kappa shape index (κ3) is 4.12. The Morgan fingerprint density at radius 3 is 2.61 bits per heavy atom. The average Bonchev–Trinajstić information content (AvgIpc) is 2.21. The summed E-state index contributed by atoms with van der Waals surface area (Å²) in [6, 6.07) is 1.08. The predicted octanol–water partition coefficient (Wildman–Crippen LogP) is 3.01. The quantitative estimate of drug-likeness (QED) is 0.837. The second kappa shape index (κ2) is 6.36. The summed E-state index contributed by atoms with van der Waals surface area (Å²) in [6.07, 6.45) is 0.615. The molecule has 0 unspecified atom stereocenters. The highest BCUT2D eigenvalue weighted by atomic mass is 35.5. The number of nitrogens with zero attached hydrogens (tertiary/aromatic N) is 1. The Labute approximate surface area is 117 Å². The molecule has 0 aliphatic rings. The van der Waals surface area contributed by atoms with Crippen LogP contribution in [0.5, 0.6) is 0 Å². The summed E-state index contributed by atoms with van der Waals surface area (Å²) in [5, 5.41) is 3.16. The van der Waals surface area contributed by atoms with Crippen LogP contribution < -0.4 is 11.1 Å². The van der Waals surface area contributed by atoms with Gasteiger partial charge < -0.3 is 11.1 Å². The number of hydrogen-bond donors (Lipinski definition) is 2. The number of nitrogens with one attached hydrogen (secondary N) is 1. The smallest absolute Gasteiger partial charge is 0.241 e. The van der Waals surface area contributed by atoms with Crippen LogP contribution in [0, 0.1) is 12.8 Å². The molecule has 0 bridgehead atoms. The van der Waals surface area contributed by atoms with Gasteiger partial charge in [0.05, 0.1) is 11.7 Å². The first-order valence-electron chi connectivity index (χ1n) is 5.70. The highest BCUT2D eigenvalue weighted by molar-refractivity contribution is 6.34. The minimum Gasteiger partial charge on any atom is -0.322 e. The molecule has 1 atom stereocenters. The molecule has 6 heteroatoms. The standard InChI is InChI=1S/C12H17Cl2N3O/c1-6(2)4-8(15)12(18)17-10-7(3)5-9(13)16-11(10)14/h5-6,8H,4,15H2,1-3H3,(H,17,18)/t8-/m1/s1. The van der Waals surface area contributed by atoms with E-state index < -0.39 is 6.04 Å². The Kier molecular flexibility index (Phi) is 5.38. The summed E-state index contributed by atoms with van der Waals surface area (Å²) >= 11 is 11.7. The van der Waals surface area contributed by atoms with Crippen LogP contribution in [0.4, 0.5) is 5.69 Å². The predicted molar refractivity (Wildman–Crippen MR) is 75.1 cm³/mol. The van der Waals surface area contributed by atoms with Gasteiger partial charge in [0, 0.05) is 0 Å². The molecular formula is C12H17Cl2N3O. The lowest BCUT2D eigenvalue weighted by Crippen LogP contribution is -2.36. The first kappa shape index (κ1) is 15.2. The van der Waals surface area contributed by atoms with Gasteiger partial charge in [-0.2, -0.15) is 0 Å². The molecule has 1 heterocycles. The van der Waals surface area contributed by atoms with Crippen molar-refractivity contribution >= 4 is 34.8 Å². The van der Waals surface area contributed by atoms with Gasteiger partial charge in [0.25, 0.3) is 0 Å². The first-order valence-corrected chi connectivity index (χ1v) is 6.46. The monoisotopic (exact) mass is 289 g/mol. The highest BCUT2D eigenvalue weighted by Crippen LogP contribution is 2.26. The van der Waals surface area contributed by atoms with Crippen LogP contribution in [-0.2, 0) is 4.79 Å². The number of carbonyl (C=O) groups excluding carboxylic acids is 1. The van der Waals surface area contributed by atoms with E-state index in [1.165, 1.54) is 0 Å². The summed E-state index contributed by atoms with van der Waals surface area (Å²) in [5.74, 6) is 0.0866. The number of amides is 1. The zero-order valence-corrected chi connectivity index (χ0v) is 12.1.